The van der Waals surface area contributed by atoms with E-state index >= 15 is 0 Å². The summed E-state index contributed by atoms with van der Waals surface area (Å²) in [6.45, 7) is 6.27. The topological polar surface area (TPSA) is 149 Å². The minimum Gasteiger partial charge on any atom is -0.489 e. The first kappa shape index (κ1) is 23.8. The van der Waals surface area contributed by atoms with Crippen molar-refractivity contribution in [1.82, 2.24) is 5.43 Å². The molecule has 0 aliphatic carbocycles. The predicted octanol–water partition coefficient (Wildman–Crippen LogP) is 1.30. The number of aryl methyl sites for hydroxylation is 2. The number of benzene rings is 2. The fourth-order valence-corrected chi connectivity index (χ4v) is 2.60. The number of allylic oxidation sites excluding steroid dienone is 1. The fourth-order valence-electron chi connectivity index (χ4n) is 2.60. The molecule has 0 aliphatic rings. The molecule has 9 N–H and O–H groups in total. The van der Waals surface area contributed by atoms with Gasteiger partial charge in [0, 0.05) is 24.5 Å². The summed E-state index contributed by atoms with van der Waals surface area (Å²) in [6.07, 6.45) is 2.08. The van der Waals surface area contributed by atoms with E-state index in [1.165, 1.54) is 5.01 Å². The van der Waals surface area contributed by atoms with Gasteiger partial charge in [0.2, 0.25) is 6.41 Å². The number of amides is 1. The first-order valence-corrected chi connectivity index (χ1v) is 8.89. The van der Waals surface area contributed by atoms with Crippen molar-refractivity contribution in [2.24, 2.45) is 23.3 Å². The van der Waals surface area contributed by atoms with Crippen molar-refractivity contribution in [3.8, 4) is 5.75 Å². The highest BCUT2D eigenvalue weighted by Gasteiger charge is 2.10. The zero-order chi connectivity index (χ0) is 22.0. The summed E-state index contributed by atoms with van der Waals surface area (Å²) < 4.78 is 6.03. The quantitative estimate of drug-likeness (QED) is 0.202. The van der Waals surface area contributed by atoms with Gasteiger partial charge in [0.25, 0.3) is 0 Å². The maximum atomic E-state index is 8.94. The standard InChI is InChI=1S/C19H27N5O.CH4N2O/c1-13-6-5-7-18(23(4)21)17(13)12-25-19-9-8-16(10-14(19)2)24(22)11-15(3)20;2-3-1-4/h5-11H,12,20-22H2,1-4H3;1H,2H2,(H,3,4)/b15-11-;. The van der Waals surface area contributed by atoms with Crippen LogP contribution in [0.1, 0.15) is 23.6 Å². The second kappa shape index (κ2) is 11.5. The van der Waals surface area contributed by atoms with Crippen LogP contribution in [0.5, 0.6) is 5.75 Å². The highest BCUT2D eigenvalue weighted by molar-refractivity contribution is 5.56. The molecule has 0 aliphatic heterocycles. The Morgan fingerprint density at radius 3 is 2.34 bits per heavy atom. The van der Waals surface area contributed by atoms with E-state index in [1.54, 1.807) is 23.6 Å². The summed E-state index contributed by atoms with van der Waals surface area (Å²) in [4.78, 5) is 8.94. The van der Waals surface area contributed by atoms with E-state index in [1.807, 2.05) is 44.3 Å². The molecule has 9 heteroatoms. The number of hydrogen-bond donors (Lipinski definition) is 5. The molecule has 0 radical (unpaired) electrons. The third kappa shape index (κ3) is 7.34. The van der Waals surface area contributed by atoms with Gasteiger partial charge < -0.3 is 15.5 Å². The Hall–Kier alpha value is -3.27. The molecule has 29 heavy (non-hydrogen) atoms. The van der Waals surface area contributed by atoms with Crippen molar-refractivity contribution in [2.75, 3.05) is 17.1 Å². The Labute approximate surface area is 171 Å². The Kier molecular flexibility index (Phi) is 9.46. The first-order valence-electron chi connectivity index (χ1n) is 8.89. The molecule has 0 heterocycles. The summed E-state index contributed by atoms with van der Waals surface area (Å²) >= 11 is 0. The van der Waals surface area contributed by atoms with E-state index in [4.69, 9.17) is 27.0 Å². The summed E-state index contributed by atoms with van der Waals surface area (Å²) in [7, 11) is 1.82. The van der Waals surface area contributed by atoms with E-state index in [2.05, 4.69) is 18.8 Å². The minimum absolute atomic E-state index is 0.403. The Bertz CT molecular complexity index is 834. The van der Waals surface area contributed by atoms with Gasteiger partial charge in [-0.15, -0.1) is 0 Å². The third-order valence-electron chi connectivity index (χ3n) is 4.00. The van der Waals surface area contributed by atoms with Crippen LogP contribution in [0.2, 0.25) is 0 Å². The number of nitrogens with two attached hydrogens (primary N) is 4. The first-order chi connectivity index (χ1) is 13.7. The van der Waals surface area contributed by atoms with Gasteiger partial charge in [0.1, 0.15) is 12.4 Å². The van der Waals surface area contributed by atoms with Crippen LogP contribution < -0.4 is 43.4 Å². The largest absolute Gasteiger partial charge is 0.489 e. The van der Waals surface area contributed by atoms with E-state index in [0.29, 0.717) is 18.7 Å². The average Bonchev–Trinajstić information content (AvgIpc) is 2.67. The molecular weight excluding hydrogens is 370 g/mol. The fraction of sp³-hybridized carbons (Fsp3) is 0.250. The van der Waals surface area contributed by atoms with Crippen LogP contribution in [0.3, 0.4) is 0 Å². The summed E-state index contributed by atoms with van der Waals surface area (Å²) in [6, 6.07) is 11.8. The molecule has 0 saturated heterocycles. The lowest BCUT2D eigenvalue weighted by molar-refractivity contribution is -0.109. The van der Waals surface area contributed by atoms with Gasteiger partial charge in [-0.1, -0.05) is 12.1 Å². The molecule has 0 unspecified atom stereocenters. The molecule has 0 spiro atoms. The van der Waals surface area contributed by atoms with Gasteiger partial charge in [-0.3, -0.25) is 15.2 Å². The third-order valence-corrected chi connectivity index (χ3v) is 4.00. The second-order valence-electron chi connectivity index (χ2n) is 6.49. The van der Waals surface area contributed by atoms with Crippen molar-refractivity contribution < 1.29 is 9.53 Å². The lowest BCUT2D eigenvalue weighted by Gasteiger charge is -2.20. The highest BCUT2D eigenvalue weighted by Crippen LogP contribution is 2.27. The molecule has 1 amide bonds. The van der Waals surface area contributed by atoms with Gasteiger partial charge in [-0.05, 0) is 56.2 Å². The number of nitrogens with one attached hydrogen (secondary N) is 1. The normalized spacial score (nSPS) is 10.5. The van der Waals surface area contributed by atoms with E-state index in [9.17, 15) is 0 Å². The molecule has 0 atom stereocenters. The van der Waals surface area contributed by atoms with Gasteiger partial charge >= 0.3 is 0 Å². The van der Waals surface area contributed by atoms with Crippen LogP contribution in [0.4, 0.5) is 11.4 Å². The lowest BCUT2D eigenvalue weighted by atomic mass is 10.1. The molecular formula is C20H31N7O2. The zero-order valence-corrected chi connectivity index (χ0v) is 17.3. The molecule has 2 aromatic carbocycles. The maximum absolute atomic E-state index is 8.94. The van der Waals surface area contributed by atoms with Crippen molar-refractivity contribution >= 4 is 17.8 Å². The Morgan fingerprint density at radius 1 is 1.17 bits per heavy atom. The van der Waals surface area contributed by atoms with Crippen molar-refractivity contribution in [3.05, 3.63) is 65.0 Å². The number of rotatable bonds is 7. The Morgan fingerprint density at radius 2 is 1.83 bits per heavy atom. The second-order valence-corrected chi connectivity index (χ2v) is 6.49. The van der Waals surface area contributed by atoms with Gasteiger partial charge in [0.15, 0.2) is 0 Å². The van der Waals surface area contributed by atoms with Gasteiger partial charge in [0.05, 0.1) is 11.4 Å². The Balaban J connectivity index is 0.000000960. The van der Waals surface area contributed by atoms with Crippen LogP contribution in [0.15, 0.2) is 48.3 Å². The molecule has 0 saturated carbocycles. The maximum Gasteiger partial charge on any atom is 0.221 e. The number of anilines is 2. The molecule has 2 aromatic rings. The highest BCUT2D eigenvalue weighted by atomic mass is 16.5. The van der Waals surface area contributed by atoms with Crippen LogP contribution in [0, 0.1) is 13.8 Å². The van der Waals surface area contributed by atoms with Crippen molar-refractivity contribution in [3.63, 3.8) is 0 Å². The molecule has 158 valence electrons. The lowest BCUT2D eigenvalue weighted by Crippen LogP contribution is -2.26. The van der Waals surface area contributed by atoms with E-state index in [-0.39, 0.29) is 0 Å². The van der Waals surface area contributed by atoms with Gasteiger partial charge in [-0.25, -0.2) is 17.5 Å². The van der Waals surface area contributed by atoms with Crippen LogP contribution in [-0.2, 0) is 11.4 Å². The molecule has 9 nitrogen and oxygen atoms in total. The summed E-state index contributed by atoms with van der Waals surface area (Å²) in [5, 5.41) is 3.10. The van der Waals surface area contributed by atoms with E-state index in [0.717, 1.165) is 33.8 Å². The number of carbonyl (C=O) groups excluding carboxylic acids is 1. The van der Waals surface area contributed by atoms with Crippen LogP contribution in [-0.4, -0.2) is 13.5 Å². The average molecular weight is 402 g/mol. The van der Waals surface area contributed by atoms with E-state index < -0.39 is 0 Å². The van der Waals surface area contributed by atoms with Crippen LogP contribution >= 0.6 is 0 Å². The monoisotopic (exact) mass is 401 g/mol. The molecule has 0 fully saturated rings. The zero-order valence-electron chi connectivity index (χ0n) is 17.3. The predicted molar refractivity (Wildman–Crippen MR) is 117 cm³/mol. The number of nitrogens with zero attached hydrogens (tertiary/aromatic N) is 2. The summed E-state index contributed by atoms with van der Waals surface area (Å²) in [5.74, 6) is 17.1. The summed E-state index contributed by atoms with van der Waals surface area (Å²) in [5.41, 5.74) is 13.0. The van der Waals surface area contributed by atoms with Crippen molar-refractivity contribution in [2.45, 2.75) is 27.4 Å². The van der Waals surface area contributed by atoms with Crippen molar-refractivity contribution in [1.29, 1.82) is 0 Å². The molecule has 0 bridgehead atoms. The van der Waals surface area contributed by atoms with Gasteiger partial charge in [-0.2, -0.15) is 0 Å². The number of hydrogen-bond acceptors (Lipinski definition) is 8. The number of ether oxygens (including phenoxy) is 1. The molecule has 2 rings (SSSR count). The number of carbonyl (C=O) groups is 1. The SMILES string of the molecule is C/C(N)=C/N(N)c1ccc(OCc2c(C)cccc2N(C)N)c(C)c1.NNC=O. The minimum atomic E-state index is 0.403. The van der Waals surface area contributed by atoms with Crippen LogP contribution in [0.25, 0.3) is 0 Å². The smallest absolute Gasteiger partial charge is 0.221 e. The number of hydrazine groups is 3. The molecule has 0 aromatic heterocycles.